The highest BCUT2D eigenvalue weighted by atomic mass is 79.9. The molecule has 1 N–H and O–H groups in total. The number of carbonyl (C=O) groups is 2. The summed E-state index contributed by atoms with van der Waals surface area (Å²) < 4.78 is 17.4. The van der Waals surface area contributed by atoms with Gasteiger partial charge >= 0.3 is 5.97 Å². The second-order valence-corrected chi connectivity index (χ2v) is 8.66. The fourth-order valence-corrected chi connectivity index (χ4v) is 4.06. The van der Waals surface area contributed by atoms with Crippen LogP contribution in [0, 0.1) is 24.0 Å². The molecular weight excluding hydrogens is 546 g/mol. The van der Waals surface area contributed by atoms with Crippen molar-refractivity contribution in [1.29, 1.82) is 0 Å². The smallest absolute Gasteiger partial charge is 0.343 e. The van der Waals surface area contributed by atoms with Gasteiger partial charge in [0.1, 0.15) is 5.75 Å². The van der Waals surface area contributed by atoms with E-state index in [9.17, 15) is 19.7 Å². The van der Waals surface area contributed by atoms with E-state index in [2.05, 4.69) is 26.5 Å². The van der Waals surface area contributed by atoms with Crippen LogP contribution < -0.4 is 19.6 Å². The lowest BCUT2D eigenvalue weighted by molar-refractivity contribution is -0.384. The van der Waals surface area contributed by atoms with Crippen molar-refractivity contribution < 1.29 is 28.7 Å². The maximum atomic E-state index is 12.5. The summed E-state index contributed by atoms with van der Waals surface area (Å²) in [6, 6.07) is 13.7. The Kier molecular flexibility index (Phi) is 9.33. The first-order valence-corrected chi connectivity index (χ1v) is 11.9. The van der Waals surface area contributed by atoms with Gasteiger partial charge in [-0.3, -0.25) is 14.9 Å². The van der Waals surface area contributed by atoms with Crippen LogP contribution in [0.2, 0.25) is 0 Å². The Labute approximate surface area is 221 Å². The Balaban J connectivity index is 1.61. The van der Waals surface area contributed by atoms with Crippen molar-refractivity contribution >= 4 is 39.7 Å². The van der Waals surface area contributed by atoms with Gasteiger partial charge in [-0.1, -0.05) is 6.07 Å². The predicted octanol–water partition coefficient (Wildman–Crippen LogP) is 5.12. The summed E-state index contributed by atoms with van der Waals surface area (Å²) in [5.41, 5.74) is 4.97. The molecule has 0 saturated heterocycles. The van der Waals surface area contributed by atoms with E-state index in [1.165, 1.54) is 36.5 Å². The van der Waals surface area contributed by atoms with E-state index in [0.717, 1.165) is 15.6 Å². The lowest BCUT2D eigenvalue weighted by Crippen LogP contribution is -2.24. The molecule has 0 saturated carbocycles. The lowest BCUT2D eigenvalue weighted by atomic mass is 10.1. The van der Waals surface area contributed by atoms with Crippen molar-refractivity contribution in [1.82, 2.24) is 5.43 Å². The SMILES string of the molecule is CCOc1cc(/C=N/NC(=O)COc2c(C)cc(C)cc2Br)ccc1OC(=O)c1ccc([N+](=O)[O-])cc1. The molecule has 0 spiro atoms. The van der Waals surface area contributed by atoms with Gasteiger partial charge in [0.2, 0.25) is 0 Å². The molecule has 3 aromatic carbocycles. The number of hydrazone groups is 1. The van der Waals surface area contributed by atoms with E-state index in [0.29, 0.717) is 17.9 Å². The van der Waals surface area contributed by atoms with E-state index >= 15 is 0 Å². The molecule has 0 heterocycles. The van der Waals surface area contributed by atoms with Crippen molar-refractivity contribution in [3.8, 4) is 17.2 Å². The van der Waals surface area contributed by atoms with Gasteiger partial charge in [0, 0.05) is 12.1 Å². The van der Waals surface area contributed by atoms with Crippen LogP contribution in [0.25, 0.3) is 0 Å². The van der Waals surface area contributed by atoms with Gasteiger partial charge in [0.15, 0.2) is 18.1 Å². The van der Waals surface area contributed by atoms with Crippen molar-refractivity contribution in [3.63, 3.8) is 0 Å². The number of aryl methyl sites for hydroxylation is 2. The van der Waals surface area contributed by atoms with Crippen molar-refractivity contribution in [2.45, 2.75) is 20.8 Å². The number of nitrogens with one attached hydrogen (secondary N) is 1. The maximum Gasteiger partial charge on any atom is 0.343 e. The molecule has 0 aliphatic carbocycles. The van der Waals surface area contributed by atoms with Crippen LogP contribution in [0.15, 0.2) is 64.2 Å². The molecule has 37 heavy (non-hydrogen) atoms. The third-order valence-corrected chi connectivity index (χ3v) is 5.50. The summed E-state index contributed by atoms with van der Waals surface area (Å²) in [5, 5.41) is 14.7. The number of amides is 1. The zero-order chi connectivity index (χ0) is 26.9. The van der Waals surface area contributed by atoms with Gasteiger partial charge in [-0.25, -0.2) is 10.2 Å². The Hall–Kier alpha value is -4.25. The molecule has 0 bridgehead atoms. The van der Waals surface area contributed by atoms with Crippen molar-refractivity contribution in [3.05, 3.63) is 91.4 Å². The number of nitrogens with zero attached hydrogens (tertiary/aromatic N) is 2. The number of nitro benzene ring substituents is 1. The molecule has 0 atom stereocenters. The van der Waals surface area contributed by atoms with Gasteiger partial charge in [-0.15, -0.1) is 0 Å². The molecule has 11 heteroatoms. The Morgan fingerprint density at radius 3 is 2.43 bits per heavy atom. The van der Waals surface area contributed by atoms with Gasteiger partial charge in [0.25, 0.3) is 11.6 Å². The van der Waals surface area contributed by atoms with Crippen LogP contribution in [-0.4, -0.2) is 36.2 Å². The van der Waals surface area contributed by atoms with Crippen LogP contribution in [0.3, 0.4) is 0 Å². The first kappa shape index (κ1) is 27.3. The number of nitro groups is 1. The zero-order valence-corrected chi connectivity index (χ0v) is 21.9. The summed E-state index contributed by atoms with van der Waals surface area (Å²) >= 11 is 3.44. The molecule has 3 rings (SSSR count). The number of hydrogen-bond acceptors (Lipinski definition) is 8. The number of rotatable bonds is 10. The number of halogens is 1. The molecule has 192 valence electrons. The largest absolute Gasteiger partial charge is 0.490 e. The number of ether oxygens (including phenoxy) is 3. The van der Waals surface area contributed by atoms with Crippen LogP contribution in [0.4, 0.5) is 5.69 Å². The highest BCUT2D eigenvalue weighted by Gasteiger charge is 2.15. The van der Waals surface area contributed by atoms with E-state index in [4.69, 9.17) is 14.2 Å². The van der Waals surface area contributed by atoms with Gasteiger partial charge in [-0.2, -0.15) is 5.10 Å². The highest BCUT2D eigenvalue weighted by Crippen LogP contribution is 2.30. The van der Waals surface area contributed by atoms with E-state index in [1.54, 1.807) is 19.1 Å². The van der Waals surface area contributed by atoms with Gasteiger partial charge in [-0.05, 0) is 89.8 Å². The van der Waals surface area contributed by atoms with Crippen LogP contribution in [0.1, 0.15) is 34.0 Å². The topological polar surface area (TPSA) is 129 Å². The first-order valence-electron chi connectivity index (χ1n) is 11.1. The summed E-state index contributed by atoms with van der Waals surface area (Å²) in [6.45, 7) is 5.73. The lowest BCUT2D eigenvalue weighted by Gasteiger charge is -2.12. The molecule has 10 nitrogen and oxygen atoms in total. The molecule has 1 amide bonds. The zero-order valence-electron chi connectivity index (χ0n) is 20.3. The normalized spacial score (nSPS) is 10.7. The minimum atomic E-state index is -0.694. The average Bonchev–Trinajstić information content (AvgIpc) is 2.85. The highest BCUT2D eigenvalue weighted by molar-refractivity contribution is 9.10. The van der Waals surface area contributed by atoms with Gasteiger partial charge in [0.05, 0.1) is 27.8 Å². The van der Waals surface area contributed by atoms with Gasteiger partial charge < -0.3 is 14.2 Å². The minimum Gasteiger partial charge on any atom is -0.490 e. The summed E-state index contributed by atoms with van der Waals surface area (Å²) in [5.74, 6) is -0.0957. The summed E-state index contributed by atoms with van der Waals surface area (Å²) in [6.07, 6.45) is 1.41. The van der Waals surface area contributed by atoms with E-state index in [-0.39, 0.29) is 29.4 Å². The molecule has 0 fully saturated rings. The standard InChI is InChI=1S/C26H24BrN3O7/c1-4-35-23-13-18(5-10-22(23)37-26(32)19-6-8-20(9-7-19)30(33)34)14-28-29-24(31)15-36-25-17(3)11-16(2)12-21(25)27/h5-14H,4,15H2,1-3H3,(H,29,31)/b28-14+. The van der Waals surface area contributed by atoms with Crippen LogP contribution in [0.5, 0.6) is 17.2 Å². The average molecular weight is 570 g/mol. The number of esters is 1. The van der Waals surface area contributed by atoms with E-state index < -0.39 is 16.8 Å². The number of carbonyl (C=O) groups excluding carboxylic acids is 2. The fourth-order valence-electron chi connectivity index (χ4n) is 3.27. The molecular formula is C26H24BrN3O7. The maximum absolute atomic E-state index is 12.5. The second-order valence-electron chi connectivity index (χ2n) is 7.81. The molecule has 0 unspecified atom stereocenters. The molecule has 0 aromatic heterocycles. The monoisotopic (exact) mass is 569 g/mol. The fraction of sp³-hybridized carbons (Fsp3) is 0.192. The Morgan fingerprint density at radius 2 is 1.78 bits per heavy atom. The van der Waals surface area contributed by atoms with Crippen molar-refractivity contribution in [2.75, 3.05) is 13.2 Å². The van der Waals surface area contributed by atoms with Crippen LogP contribution in [-0.2, 0) is 4.79 Å². The number of benzene rings is 3. The minimum absolute atomic E-state index is 0.132. The summed E-state index contributed by atoms with van der Waals surface area (Å²) in [4.78, 5) is 34.9. The van der Waals surface area contributed by atoms with Crippen molar-refractivity contribution in [2.24, 2.45) is 5.10 Å². The Morgan fingerprint density at radius 1 is 1.05 bits per heavy atom. The van der Waals surface area contributed by atoms with Crippen LogP contribution >= 0.6 is 15.9 Å². The van der Waals surface area contributed by atoms with E-state index in [1.807, 2.05) is 26.0 Å². The molecule has 0 radical (unpaired) electrons. The Bertz CT molecular complexity index is 1320. The third kappa shape index (κ3) is 7.61. The molecule has 3 aromatic rings. The first-order chi connectivity index (χ1) is 17.7. The third-order valence-electron chi connectivity index (χ3n) is 4.91. The summed E-state index contributed by atoms with van der Waals surface area (Å²) in [7, 11) is 0. The molecule has 0 aliphatic rings. The second kappa shape index (κ2) is 12.6. The number of hydrogen-bond donors (Lipinski definition) is 1. The quantitative estimate of drug-likeness (QED) is 0.118. The predicted molar refractivity (Wildman–Crippen MR) is 141 cm³/mol. The number of non-ortho nitro benzene ring substituents is 1. The molecule has 0 aliphatic heterocycles.